The van der Waals surface area contributed by atoms with Gasteiger partial charge in [0, 0.05) is 4.83 Å². The van der Waals surface area contributed by atoms with Crippen molar-refractivity contribution in [3.8, 4) is 0 Å². The van der Waals surface area contributed by atoms with E-state index in [2.05, 4.69) is 60.1 Å². The van der Waals surface area contributed by atoms with Crippen LogP contribution in [0.4, 0.5) is 0 Å². The van der Waals surface area contributed by atoms with Crippen LogP contribution in [0.25, 0.3) is 0 Å². The Morgan fingerprint density at radius 3 is 2.38 bits per heavy atom. The van der Waals surface area contributed by atoms with E-state index in [-0.39, 0.29) is 0 Å². The topological polar surface area (TPSA) is 0 Å². The summed E-state index contributed by atoms with van der Waals surface area (Å²) in [4.78, 5) is 0.530. The van der Waals surface area contributed by atoms with Gasteiger partial charge in [0.15, 0.2) is 0 Å². The van der Waals surface area contributed by atoms with Gasteiger partial charge in [-0.3, -0.25) is 0 Å². The van der Waals surface area contributed by atoms with Crippen LogP contribution >= 0.6 is 15.9 Å². The van der Waals surface area contributed by atoms with E-state index in [1.807, 2.05) is 0 Å². The molecule has 0 amide bonds. The van der Waals surface area contributed by atoms with Crippen LogP contribution in [-0.2, 0) is 0 Å². The first-order chi connectivity index (χ1) is 7.74. The molecule has 1 aromatic carbocycles. The first-order valence-corrected chi connectivity index (χ1v) is 7.34. The number of hydrogen-bond acceptors (Lipinski definition) is 0. The highest BCUT2D eigenvalue weighted by molar-refractivity contribution is 9.09. The van der Waals surface area contributed by atoms with Gasteiger partial charge in [-0.1, -0.05) is 85.8 Å². The molecular formula is C15H23Br. The van der Waals surface area contributed by atoms with Crippen molar-refractivity contribution in [1.29, 1.82) is 0 Å². The summed E-state index contributed by atoms with van der Waals surface area (Å²) in [5, 5.41) is 0. The number of hydrogen-bond donors (Lipinski definition) is 0. The van der Waals surface area contributed by atoms with Gasteiger partial charge in [0.25, 0.3) is 0 Å². The molecule has 1 rings (SSSR count). The number of benzene rings is 1. The van der Waals surface area contributed by atoms with Gasteiger partial charge in [-0.2, -0.15) is 0 Å². The molecule has 0 N–H and O–H groups in total. The fourth-order valence-corrected chi connectivity index (χ4v) is 2.74. The molecule has 1 heteroatoms. The number of rotatable bonds is 7. The van der Waals surface area contributed by atoms with Gasteiger partial charge in [-0.05, 0) is 17.9 Å². The summed E-state index contributed by atoms with van der Waals surface area (Å²) in [6.07, 6.45) is 6.63. The van der Waals surface area contributed by atoms with Crippen LogP contribution in [0, 0.1) is 5.92 Å². The van der Waals surface area contributed by atoms with E-state index in [0.29, 0.717) is 4.83 Å². The van der Waals surface area contributed by atoms with Crippen molar-refractivity contribution >= 4 is 15.9 Å². The van der Waals surface area contributed by atoms with E-state index >= 15 is 0 Å². The van der Waals surface area contributed by atoms with Crippen molar-refractivity contribution in [2.24, 2.45) is 5.92 Å². The van der Waals surface area contributed by atoms with E-state index in [4.69, 9.17) is 0 Å². The minimum atomic E-state index is 0.530. The van der Waals surface area contributed by atoms with Crippen molar-refractivity contribution in [3.05, 3.63) is 35.9 Å². The fraction of sp³-hybridized carbons (Fsp3) is 0.600. The van der Waals surface area contributed by atoms with Crippen LogP contribution in [-0.4, -0.2) is 0 Å². The van der Waals surface area contributed by atoms with E-state index in [1.165, 1.54) is 37.7 Å². The SMILES string of the molecule is CCCC(C)CCCC(Br)c1ccccc1. The Morgan fingerprint density at radius 1 is 1.06 bits per heavy atom. The predicted molar refractivity (Wildman–Crippen MR) is 76.0 cm³/mol. The summed E-state index contributed by atoms with van der Waals surface area (Å²) in [5.74, 6) is 0.889. The van der Waals surface area contributed by atoms with Crippen LogP contribution in [0.15, 0.2) is 30.3 Å². The van der Waals surface area contributed by atoms with Crippen LogP contribution in [0.2, 0.25) is 0 Å². The molecule has 0 aromatic heterocycles. The van der Waals surface area contributed by atoms with Crippen molar-refractivity contribution in [2.45, 2.75) is 50.8 Å². The Hall–Kier alpha value is -0.300. The smallest absolute Gasteiger partial charge is 0.0395 e. The zero-order valence-electron chi connectivity index (χ0n) is 10.5. The van der Waals surface area contributed by atoms with Crippen LogP contribution in [0.5, 0.6) is 0 Å². The Morgan fingerprint density at radius 2 is 1.75 bits per heavy atom. The minimum absolute atomic E-state index is 0.530. The molecule has 0 radical (unpaired) electrons. The molecule has 0 aliphatic rings. The van der Waals surface area contributed by atoms with Gasteiger partial charge >= 0.3 is 0 Å². The van der Waals surface area contributed by atoms with Gasteiger partial charge in [-0.15, -0.1) is 0 Å². The first kappa shape index (κ1) is 13.8. The van der Waals surface area contributed by atoms with Gasteiger partial charge in [-0.25, -0.2) is 0 Å². The Labute approximate surface area is 109 Å². The summed E-state index contributed by atoms with van der Waals surface area (Å²) in [6.45, 7) is 4.64. The second-order valence-electron chi connectivity index (χ2n) is 4.70. The largest absolute Gasteiger partial charge is 0.0839 e. The third-order valence-electron chi connectivity index (χ3n) is 3.10. The third-order valence-corrected chi connectivity index (χ3v) is 4.08. The van der Waals surface area contributed by atoms with E-state index in [9.17, 15) is 0 Å². The lowest BCUT2D eigenvalue weighted by molar-refractivity contribution is 0.460. The summed E-state index contributed by atoms with van der Waals surface area (Å²) in [5.41, 5.74) is 1.41. The standard InChI is InChI=1S/C15H23Br/c1-3-8-13(2)9-7-12-15(16)14-10-5-4-6-11-14/h4-6,10-11,13,15H,3,7-9,12H2,1-2H3. The second-order valence-corrected chi connectivity index (χ2v) is 5.81. The van der Waals surface area contributed by atoms with Crippen LogP contribution in [0.1, 0.15) is 56.3 Å². The van der Waals surface area contributed by atoms with Crippen molar-refractivity contribution in [3.63, 3.8) is 0 Å². The molecule has 0 bridgehead atoms. The lowest BCUT2D eigenvalue weighted by Gasteiger charge is -2.13. The molecule has 16 heavy (non-hydrogen) atoms. The molecule has 0 heterocycles. The highest BCUT2D eigenvalue weighted by Gasteiger charge is 2.07. The average Bonchev–Trinajstić information content (AvgIpc) is 2.30. The molecule has 0 nitrogen and oxygen atoms in total. The average molecular weight is 283 g/mol. The molecule has 0 spiro atoms. The lowest BCUT2D eigenvalue weighted by Crippen LogP contribution is -1.96. The Balaban J connectivity index is 2.23. The zero-order valence-corrected chi connectivity index (χ0v) is 12.0. The molecule has 0 saturated carbocycles. The monoisotopic (exact) mass is 282 g/mol. The maximum absolute atomic E-state index is 3.78. The van der Waals surface area contributed by atoms with Crippen molar-refractivity contribution in [2.75, 3.05) is 0 Å². The molecule has 2 atom stereocenters. The maximum Gasteiger partial charge on any atom is 0.0395 e. The van der Waals surface area contributed by atoms with Gasteiger partial charge in [0.05, 0.1) is 0 Å². The normalized spacial score (nSPS) is 14.7. The lowest BCUT2D eigenvalue weighted by atomic mass is 9.97. The third kappa shape index (κ3) is 5.16. The fourth-order valence-electron chi connectivity index (χ4n) is 2.11. The molecule has 0 aliphatic heterocycles. The van der Waals surface area contributed by atoms with E-state index in [0.717, 1.165) is 5.92 Å². The highest BCUT2D eigenvalue weighted by atomic mass is 79.9. The first-order valence-electron chi connectivity index (χ1n) is 6.43. The Kier molecular flexibility index (Phi) is 6.79. The Bertz CT molecular complexity index is 268. The molecule has 2 unspecified atom stereocenters. The van der Waals surface area contributed by atoms with Crippen LogP contribution < -0.4 is 0 Å². The van der Waals surface area contributed by atoms with E-state index in [1.54, 1.807) is 0 Å². The van der Waals surface area contributed by atoms with Gasteiger partial charge in [0.1, 0.15) is 0 Å². The molecule has 1 aromatic rings. The van der Waals surface area contributed by atoms with Crippen molar-refractivity contribution < 1.29 is 0 Å². The second kappa shape index (κ2) is 7.89. The van der Waals surface area contributed by atoms with E-state index < -0.39 is 0 Å². The summed E-state index contributed by atoms with van der Waals surface area (Å²) in [7, 11) is 0. The minimum Gasteiger partial charge on any atom is -0.0839 e. The van der Waals surface area contributed by atoms with Crippen molar-refractivity contribution in [1.82, 2.24) is 0 Å². The molecule has 0 aliphatic carbocycles. The van der Waals surface area contributed by atoms with Gasteiger partial charge < -0.3 is 0 Å². The molecule has 90 valence electrons. The van der Waals surface area contributed by atoms with Crippen LogP contribution in [0.3, 0.4) is 0 Å². The summed E-state index contributed by atoms with van der Waals surface area (Å²) >= 11 is 3.78. The predicted octanol–water partition coefficient (Wildman–Crippen LogP) is 5.73. The number of halogens is 1. The zero-order chi connectivity index (χ0) is 11.8. The number of alkyl halides is 1. The summed E-state index contributed by atoms with van der Waals surface area (Å²) < 4.78 is 0. The highest BCUT2D eigenvalue weighted by Crippen LogP contribution is 2.29. The molecule has 0 fully saturated rings. The quantitative estimate of drug-likeness (QED) is 0.561. The van der Waals surface area contributed by atoms with Gasteiger partial charge in [0.2, 0.25) is 0 Å². The summed E-state index contributed by atoms with van der Waals surface area (Å²) in [6, 6.07) is 10.7. The molecule has 0 saturated heterocycles. The maximum atomic E-state index is 3.78. The molecular weight excluding hydrogens is 260 g/mol.